The fourth-order valence-electron chi connectivity index (χ4n) is 2.50. The summed E-state index contributed by atoms with van der Waals surface area (Å²) in [6, 6.07) is 4.98. The Morgan fingerprint density at radius 2 is 1.80 bits per heavy atom. The minimum absolute atomic E-state index is 0.103. The Morgan fingerprint density at radius 1 is 1.12 bits per heavy atom. The van der Waals surface area contributed by atoms with Gasteiger partial charge in [0.25, 0.3) is 5.91 Å². The maximum atomic E-state index is 13.8. The van der Waals surface area contributed by atoms with Crippen molar-refractivity contribution in [1.29, 1.82) is 0 Å². The molecule has 6 nitrogen and oxygen atoms in total. The van der Waals surface area contributed by atoms with Crippen LogP contribution in [0.4, 0.5) is 14.6 Å². The van der Waals surface area contributed by atoms with E-state index in [2.05, 4.69) is 20.4 Å². The molecule has 0 saturated carbocycles. The van der Waals surface area contributed by atoms with E-state index < -0.39 is 23.1 Å². The molecule has 0 aliphatic rings. The van der Waals surface area contributed by atoms with Crippen LogP contribution in [0.5, 0.6) is 0 Å². The van der Waals surface area contributed by atoms with Gasteiger partial charge < -0.3 is 9.84 Å². The van der Waals surface area contributed by atoms with Crippen LogP contribution in [0.2, 0.25) is 0 Å². The lowest BCUT2D eigenvalue weighted by atomic mass is 10.1. The van der Waals surface area contributed by atoms with Crippen molar-refractivity contribution < 1.29 is 18.1 Å². The molecule has 0 fully saturated rings. The standard InChI is InChI=1S/C17H14F2N4O2/c1-8-7-9(2)20-15(13(8)16-21-10(3)25-23-16)22-17(24)14-11(18)5-4-6-12(14)19/h4-7H,1-3H3,(H,20,22,24). The van der Waals surface area contributed by atoms with E-state index in [1.807, 2.05) is 0 Å². The van der Waals surface area contributed by atoms with Crippen LogP contribution in [0.1, 0.15) is 27.5 Å². The molecule has 0 aliphatic carbocycles. The van der Waals surface area contributed by atoms with Crippen LogP contribution in [0.15, 0.2) is 28.8 Å². The SMILES string of the molecule is Cc1cc(C)c(-c2noc(C)n2)c(NC(=O)c2c(F)cccc2F)n1. The average Bonchev–Trinajstić information content (AvgIpc) is 2.92. The summed E-state index contributed by atoms with van der Waals surface area (Å²) in [5, 5.41) is 6.27. The van der Waals surface area contributed by atoms with Crippen LogP contribution in [0.3, 0.4) is 0 Å². The third-order valence-corrected chi connectivity index (χ3v) is 3.52. The van der Waals surface area contributed by atoms with Gasteiger partial charge in [-0.1, -0.05) is 11.2 Å². The predicted octanol–water partition coefficient (Wildman–Crippen LogP) is 3.59. The lowest BCUT2D eigenvalue weighted by Crippen LogP contribution is -2.18. The highest BCUT2D eigenvalue weighted by Gasteiger charge is 2.22. The van der Waals surface area contributed by atoms with Crippen molar-refractivity contribution in [1.82, 2.24) is 15.1 Å². The molecule has 0 spiro atoms. The van der Waals surface area contributed by atoms with Gasteiger partial charge in [0.05, 0.1) is 5.56 Å². The minimum Gasteiger partial charge on any atom is -0.339 e. The summed E-state index contributed by atoms with van der Waals surface area (Å²) in [7, 11) is 0. The third-order valence-electron chi connectivity index (χ3n) is 3.52. The Kier molecular flexibility index (Phi) is 4.26. The number of amides is 1. The zero-order valence-corrected chi connectivity index (χ0v) is 13.7. The quantitative estimate of drug-likeness (QED) is 0.785. The van der Waals surface area contributed by atoms with E-state index >= 15 is 0 Å². The number of carbonyl (C=O) groups excluding carboxylic acids is 1. The number of benzene rings is 1. The Bertz CT molecular complexity index is 949. The van der Waals surface area contributed by atoms with Gasteiger partial charge in [-0.2, -0.15) is 4.98 Å². The smallest absolute Gasteiger partial charge is 0.262 e. The Hall–Kier alpha value is -3.16. The summed E-state index contributed by atoms with van der Waals surface area (Å²) >= 11 is 0. The molecule has 128 valence electrons. The molecule has 0 saturated heterocycles. The van der Waals surface area contributed by atoms with Gasteiger partial charge in [-0.25, -0.2) is 13.8 Å². The molecule has 3 aromatic rings. The zero-order valence-electron chi connectivity index (χ0n) is 13.7. The molecule has 3 rings (SSSR count). The van der Waals surface area contributed by atoms with Crippen LogP contribution in [-0.2, 0) is 0 Å². The van der Waals surface area contributed by atoms with Crippen molar-refractivity contribution in [3.8, 4) is 11.4 Å². The topological polar surface area (TPSA) is 80.9 Å². The van der Waals surface area contributed by atoms with Gasteiger partial charge in [-0.05, 0) is 37.6 Å². The number of aromatic nitrogens is 3. The summed E-state index contributed by atoms with van der Waals surface area (Å²) in [6.45, 7) is 5.15. The zero-order chi connectivity index (χ0) is 18.1. The minimum atomic E-state index is -0.959. The van der Waals surface area contributed by atoms with Crippen molar-refractivity contribution in [2.24, 2.45) is 0 Å². The molecule has 1 amide bonds. The molecule has 1 aromatic carbocycles. The molecule has 25 heavy (non-hydrogen) atoms. The number of anilines is 1. The summed E-state index contributed by atoms with van der Waals surface area (Å²) < 4.78 is 32.6. The Balaban J connectivity index is 2.07. The number of rotatable bonds is 3. The van der Waals surface area contributed by atoms with Gasteiger partial charge in [0.1, 0.15) is 23.0 Å². The maximum absolute atomic E-state index is 13.8. The summed E-state index contributed by atoms with van der Waals surface area (Å²) in [5.41, 5.74) is 1.09. The first kappa shape index (κ1) is 16.7. The number of halogens is 2. The number of pyridine rings is 1. The van der Waals surface area contributed by atoms with Gasteiger partial charge in [0.2, 0.25) is 11.7 Å². The molecule has 0 unspecified atom stereocenters. The monoisotopic (exact) mass is 344 g/mol. The average molecular weight is 344 g/mol. The van der Waals surface area contributed by atoms with Crippen LogP contribution in [0, 0.1) is 32.4 Å². The van der Waals surface area contributed by atoms with Crippen molar-refractivity contribution in [2.75, 3.05) is 5.32 Å². The number of nitrogens with zero attached hydrogens (tertiary/aromatic N) is 3. The highest BCUT2D eigenvalue weighted by molar-refractivity contribution is 6.05. The van der Waals surface area contributed by atoms with Crippen molar-refractivity contribution in [3.05, 3.63) is 58.6 Å². The van der Waals surface area contributed by atoms with Crippen LogP contribution >= 0.6 is 0 Å². The Morgan fingerprint density at radius 3 is 2.40 bits per heavy atom. The van der Waals surface area contributed by atoms with E-state index in [4.69, 9.17) is 4.52 Å². The van der Waals surface area contributed by atoms with Crippen LogP contribution in [-0.4, -0.2) is 21.0 Å². The lowest BCUT2D eigenvalue weighted by Gasteiger charge is -2.12. The number of aryl methyl sites for hydroxylation is 3. The van der Waals surface area contributed by atoms with E-state index in [9.17, 15) is 13.6 Å². The van der Waals surface area contributed by atoms with E-state index in [1.54, 1.807) is 26.8 Å². The van der Waals surface area contributed by atoms with E-state index in [0.29, 0.717) is 17.1 Å². The summed E-state index contributed by atoms with van der Waals surface area (Å²) in [5.74, 6) is -2.20. The van der Waals surface area contributed by atoms with E-state index in [0.717, 1.165) is 17.7 Å². The highest BCUT2D eigenvalue weighted by atomic mass is 19.1. The molecule has 0 aliphatic heterocycles. The van der Waals surface area contributed by atoms with Crippen LogP contribution in [0.25, 0.3) is 11.4 Å². The molecule has 1 N–H and O–H groups in total. The first-order chi connectivity index (χ1) is 11.9. The molecule has 8 heteroatoms. The molecular formula is C17H14F2N4O2. The van der Waals surface area contributed by atoms with E-state index in [-0.39, 0.29) is 11.6 Å². The maximum Gasteiger partial charge on any atom is 0.262 e. The first-order valence-corrected chi connectivity index (χ1v) is 7.41. The first-order valence-electron chi connectivity index (χ1n) is 7.41. The molecule has 0 radical (unpaired) electrons. The third kappa shape index (κ3) is 3.23. The Labute approximate surface area is 141 Å². The summed E-state index contributed by atoms with van der Waals surface area (Å²) in [6.07, 6.45) is 0. The van der Waals surface area contributed by atoms with Crippen molar-refractivity contribution in [3.63, 3.8) is 0 Å². The molecule has 2 heterocycles. The number of hydrogen-bond donors (Lipinski definition) is 1. The van der Waals surface area contributed by atoms with Crippen LogP contribution < -0.4 is 5.32 Å². The predicted molar refractivity (Wildman–Crippen MR) is 86.1 cm³/mol. The van der Waals surface area contributed by atoms with Crippen molar-refractivity contribution >= 4 is 11.7 Å². The van der Waals surface area contributed by atoms with Gasteiger partial charge >= 0.3 is 0 Å². The fourth-order valence-corrected chi connectivity index (χ4v) is 2.50. The summed E-state index contributed by atoms with van der Waals surface area (Å²) in [4.78, 5) is 20.7. The second-order valence-electron chi connectivity index (χ2n) is 5.49. The molecule has 0 atom stereocenters. The number of hydrogen-bond acceptors (Lipinski definition) is 5. The van der Waals surface area contributed by atoms with Gasteiger partial charge in [-0.3, -0.25) is 4.79 Å². The van der Waals surface area contributed by atoms with Gasteiger partial charge in [0, 0.05) is 12.6 Å². The lowest BCUT2D eigenvalue weighted by molar-refractivity contribution is 0.101. The van der Waals surface area contributed by atoms with Crippen molar-refractivity contribution in [2.45, 2.75) is 20.8 Å². The van der Waals surface area contributed by atoms with Gasteiger partial charge in [-0.15, -0.1) is 0 Å². The van der Waals surface area contributed by atoms with E-state index in [1.165, 1.54) is 6.07 Å². The number of nitrogens with one attached hydrogen (secondary N) is 1. The largest absolute Gasteiger partial charge is 0.339 e. The normalized spacial score (nSPS) is 10.8. The second kappa shape index (κ2) is 6.39. The molecule has 0 bridgehead atoms. The molecular weight excluding hydrogens is 330 g/mol. The van der Waals surface area contributed by atoms with Gasteiger partial charge in [0.15, 0.2) is 0 Å². The fraction of sp³-hybridized carbons (Fsp3) is 0.176. The molecule has 2 aromatic heterocycles. The second-order valence-corrected chi connectivity index (χ2v) is 5.49. The highest BCUT2D eigenvalue weighted by Crippen LogP contribution is 2.29. The number of carbonyl (C=O) groups is 1.